The molecular formula is C38H25N5O. The van der Waals surface area contributed by atoms with E-state index < -0.39 is 0 Å². The molecule has 0 aliphatic heterocycles. The Morgan fingerprint density at radius 1 is 0.477 bits per heavy atom. The van der Waals surface area contributed by atoms with Crippen molar-refractivity contribution in [2.45, 2.75) is 0 Å². The van der Waals surface area contributed by atoms with Crippen molar-refractivity contribution in [2.24, 2.45) is 0 Å². The highest BCUT2D eigenvalue weighted by molar-refractivity contribution is 6.09. The summed E-state index contributed by atoms with van der Waals surface area (Å²) in [6.07, 6.45) is 5.81. The van der Waals surface area contributed by atoms with Gasteiger partial charge in [-0.15, -0.1) is 0 Å². The molecule has 0 aliphatic rings. The maximum Gasteiger partial charge on any atom is 0.145 e. The first-order valence-corrected chi connectivity index (χ1v) is 14.6. The molecule has 0 unspecified atom stereocenters. The van der Waals surface area contributed by atoms with Gasteiger partial charge in [0.2, 0.25) is 0 Å². The number of benzene rings is 5. The van der Waals surface area contributed by atoms with Crippen LogP contribution in [0.3, 0.4) is 0 Å². The van der Waals surface area contributed by atoms with E-state index in [0.29, 0.717) is 0 Å². The van der Waals surface area contributed by atoms with Crippen LogP contribution in [0.25, 0.3) is 60.8 Å². The Hall–Kier alpha value is -6.14. The van der Waals surface area contributed by atoms with Crippen LogP contribution in [0.1, 0.15) is 0 Å². The summed E-state index contributed by atoms with van der Waals surface area (Å²) in [6.45, 7) is 0. The van der Waals surface area contributed by atoms with E-state index in [4.69, 9.17) is 14.8 Å². The second kappa shape index (κ2) is 9.71. The smallest absolute Gasteiger partial charge is 0.145 e. The lowest BCUT2D eigenvalue weighted by Gasteiger charge is -2.11. The summed E-state index contributed by atoms with van der Waals surface area (Å²) in [5.41, 5.74) is 7.25. The highest BCUT2D eigenvalue weighted by Crippen LogP contribution is 2.34. The number of para-hydroxylation sites is 3. The van der Waals surface area contributed by atoms with Crippen LogP contribution in [-0.4, -0.2) is 23.9 Å². The highest BCUT2D eigenvalue weighted by atomic mass is 16.5. The summed E-state index contributed by atoms with van der Waals surface area (Å²) in [5.74, 6) is 1.47. The van der Waals surface area contributed by atoms with E-state index >= 15 is 0 Å². The van der Waals surface area contributed by atoms with Crippen molar-refractivity contribution >= 4 is 43.7 Å². The number of nitrogens with zero attached hydrogens (tertiary/aromatic N) is 5. The van der Waals surface area contributed by atoms with Gasteiger partial charge in [-0.3, -0.25) is 4.57 Å². The Bertz CT molecular complexity index is 2390. The van der Waals surface area contributed by atoms with Crippen molar-refractivity contribution in [2.75, 3.05) is 0 Å². The van der Waals surface area contributed by atoms with E-state index in [0.717, 1.165) is 56.1 Å². The molecule has 0 fully saturated rings. The van der Waals surface area contributed by atoms with Crippen molar-refractivity contribution in [3.8, 4) is 28.6 Å². The van der Waals surface area contributed by atoms with E-state index in [2.05, 4.69) is 106 Å². The Balaban J connectivity index is 1.07. The van der Waals surface area contributed by atoms with Crippen molar-refractivity contribution in [3.05, 3.63) is 152 Å². The second-order valence-electron chi connectivity index (χ2n) is 10.8. The first-order valence-electron chi connectivity index (χ1n) is 14.6. The molecule has 208 valence electrons. The number of ether oxygens (including phenoxy) is 1. The molecule has 0 saturated carbocycles. The molecule has 9 aromatic rings. The average Bonchev–Trinajstić information content (AvgIpc) is 3.78. The zero-order chi connectivity index (χ0) is 29.0. The fourth-order valence-electron chi connectivity index (χ4n) is 6.34. The minimum Gasteiger partial charge on any atom is -0.457 e. The Morgan fingerprint density at radius 2 is 1.05 bits per heavy atom. The van der Waals surface area contributed by atoms with Gasteiger partial charge in [-0.25, -0.2) is 9.67 Å². The molecule has 0 radical (unpaired) electrons. The summed E-state index contributed by atoms with van der Waals surface area (Å²) >= 11 is 0. The van der Waals surface area contributed by atoms with Crippen molar-refractivity contribution < 1.29 is 4.74 Å². The molecule has 6 heteroatoms. The SMILES string of the molecule is c1cc(Oc2cccc(-n3c4ccccc4c4cccnc43)c2)cc(-n2cc(-n3c4ccccc4c4ccccc43)cn2)c1. The van der Waals surface area contributed by atoms with E-state index in [1.165, 1.54) is 16.2 Å². The number of aromatic nitrogens is 5. The zero-order valence-electron chi connectivity index (χ0n) is 23.6. The minimum absolute atomic E-state index is 0.730. The summed E-state index contributed by atoms with van der Waals surface area (Å²) in [6, 6.07) is 45.6. The lowest BCUT2D eigenvalue weighted by Crippen LogP contribution is -1.97. The highest BCUT2D eigenvalue weighted by Gasteiger charge is 2.15. The van der Waals surface area contributed by atoms with Crippen LogP contribution in [0.2, 0.25) is 0 Å². The Labute approximate surface area is 252 Å². The number of hydrogen-bond acceptors (Lipinski definition) is 3. The maximum absolute atomic E-state index is 6.42. The van der Waals surface area contributed by atoms with E-state index in [9.17, 15) is 0 Å². The fourth-order valence-corrected chi connectivity index (χ4v) is 6.34. The van der Waals surface area contributed by atoms with E-state index in [1.54, 1.807) is 0 Å². The van der Waals surface area contributed by atoms with Crippen LogP contribution in [-0.2, 0) is 0 Å². The summed E-state index contributed by atoms with van der Waals surface area (Å²) in [4.78, 5) is 4.72. The number of hydrogen-bond donors (Lipinski definition) is 0. The topological polar surface area (TPSA) is 49.8 Å². The molecule has 0 spiro atoms. The molecule has 0 N–H and O–H groups in total. The van der Waals surface area contributed by atoms with Crippen LogP contribution >= 0.6 is 0 Å². The molecule has 0 amide bonds. The molecule has 0 aliphatic carbocycles. The number of rotatable bonds is 5. The monoisotopic (exact) mass is 567 g/mol. The molecule has 6 nitrogen and oxygen atoms in total. The predicted molar refractivity (Wildman–Crippen MR) is 177 cm³/mol. The Kier molecular flexibility index (Phi) is 5.40. The molecule has 0 saturated heterocycles. The van der Waals surface area contributed by atoms with Crippen LogP contribution in [0, 0.1) is 0 Å². The second-order valence-corrected chi connectivity index (χ2v) is 10.8. The zero-order valence-corrected chi connectivity index (χ0v) is 23.6. The quantitative estimate of drug-likeness (QED) is 0.208. The summed E-state index contributed by atoms with van der Waals surface area (Å²) < 4.78 is 12.8. The van der Waals surface area contributed by atoms with Gasteiger partial charge < -0.3 is 9.30 Å². The van der Waals surface area contributed by atoms with E-state index in [1.807, 2.05) is 59.5 Å². The van der Waals surface area contributed by atoms with Crippen molar-refractivity contribution in [1.82, 2.24) is 23.9 Å². The Morgan fingerprint density at radius 3 is 1.75 bits per heavy atom. The van der Waals surface area contributed by atoms with Gasteiger partial charge in [0, 0.05) is 39.9 Å². The van der Waals surface area contributed by atoms with Crippen LogP contribution < -0.4 is 4.74 Å². The first-order chi connectivity index (χ1) is 21.8. The lowest BCUT2D eigenvalue weighted by molar-refractivity contribution is 0.482. The minimum atomic E-state index is 0.730. The van der Waals surface area contributed by atoms with Gasteiger partial charge in [-0.05, 0) is 54.6 Å². The third-order valence-electron chi connectivity index (χ3n) is 8.23. The van der Waals surface area contributed by atoms with Crippen molar-refractivity contribution in [3.63, 3.8) is 0 Å². The third-order valence-corrected chi connectivity index (χ3v) is 8.23. The summed E-state index contributed by atoms with van der Waals surface area (Å²) in [5, 5.41) is 9.50. The third kappa shape index (κ3) is 3.82. The average molecular weight is 568 g/mol. The molecule has 4 aromatic heterocycles. The maximum atomic E-state index is 6.42. The molecule has 44 heavy (non-hydrogen) atoms. The van der Waals surface area contributed by atoms with Crippen LogP contribution in [0.15, 0.2) is 152 Å². The number of fused-ring (bicyclic) bond motifs is 6. The van der Waals surface area contributed by atoms with E-state index in [-0.39, 0.29) is 0 Å². The normalized spacial score (nSPS) is 11.6. The largest absolute Gasteiger partial charge is 0.457 e. The van der Waals surface area contributed by atoms with Gasteiger partial charge >= 0.3 is 0 Å². The molecule has 0 atom stereocenters. The van der Waals surface area contributed by atoms with Crippen LogP contribution in [0.4, 0.5) is 0 Å². The molecule has 5 aromatic carbocycles. The first kappa shape index (κ1) is 24.5. The van der Waals surface area contributed by atoms with Crippen molar-refractivity contribution in [1.29, 1.82) is 0 Å². The van der Waals surface area contributed by atoms with Gasteiger partial charge in [0.25, 0.3) is 0 Å². The van der Waals surface area contributed by atoms with Gasteiger partial charge in [0.15, 0.2) is 0 Å². The van der Waals surface area contributed by atoms with Crippen LogP contribution in [0.5, 0.6) is 11.5 Å². The summed E-state index contributed by atoms with van der Waals surface area (Å²) in [7, 11) is 0. The molecule has 9 rings (SSSR count). The predicted octanol–water partition coefficient (Wildman–Crippen LogP) is 9.25. The molecular weight excluding hydrogens is 542 g/mol. The van der Waals surface area contributed by atoms with Gasteiger partial charge in [-0.1, -0.05) is 66.7 Å². The number of pyridine rings is 1. The fraction of sp³-hybridized carbons (Fsp3) is 0. The molecule has 0 bridgehead atoms. The van der Waals surface area contributed by atoms with Gasteiger partial charge in [0.1, 0.15) is 17.1 Å². The van der Waals surface area contributed by atoms with Gasteiger partial charge in [-0.2, -0.15) is 5.10 Å². The molecule has 4 heterocycles. The lowest BCUT2D eigenvalue weighted by atomic mass is 10.2. The standard InChI is InChI=1S/C38H25N5O/c1-4-18-35-31(14-1)32-15-2-5-19-36(32)42(35)28-24-40-41(25-28)26-10-7-12-29(22-26)44-30-13-8-11-27(23-30)43-37-20-6-3-16-33(37)34-17-9-21-39-38(34)43/h1-25H. The van der Waals surface area contributed by atoms with Gasteiger partial charge in [0.05, 0.1) is 46.0 Å².